The molecule has 0 heterocycles. The lowest BCUT2D eigenvalue weighted by Gasteiger charge is -2.28. The summed E-state index contributed by atoms with van der Waals surface area (Å²) in [6, 6.07) is 9.23. The number of amides is 1. The Morgan fingerprint density at radius 3 is 2.25 bits per heavy atom. The first-order chi connectivity index (χ1) is 12.9. The van der Waals surface area contributed by atoms with Crippen LogP contribution in [0.5, 0.6) is 0 Å². The van der Waals surface area contributed by atoms with E-state index in [1.165, 1.54) is 7.11 Å². The molecule has 28 heavy (non-hydrogen) atoms. The van der Waals surface area contributed by atoms with Crippen molar-refractivity contribution in [1.82, 2.24) is 5.32 Å². The number of hydrogen-bond donors (Lipinski definition) is 1. The van der Waals surface area contributed by atoms with Crippen molar-refractivity contribution in [3.63, 3.8) is 0 Å². The van der Waals surface area contributed by atoms with Gasteiger partial charge in [0.05, 0.1) is 0 Å². The molecule has 0 aromatic heterocycles. The molecule has 0 saturated heterocycles. The van der Waals surface area contributed by atoms with Gasteiger partial charge in [0, 0.05) is 7.11 Å². The summed E-state index contributed by atoms with van der Waals surface area (Å²) in [5.41, 5.74) is 0.132. The van der Waals surface area contributed by atoms with Gasteiger partial charge in [-0.2, -0.15) is 0 Å². The monoisotopic (exact) mass is 413 g/mol. The number of rotatable bonds is 9. The summed E-state index contributed by atoms with van der Waals surface area (Å²) in [5, 5.41) is 2.62. The minimum atomic E-state index is -3.54. The Bertz CT molecular complexity index is 684. The van der Waals surface area contributed by atoms with Crippen molar-refractivity contribution < 1.29 is 28.2 Å². The highest BCUT2D eigenvalue weighted by molar-refractivity contribution is 7.60. The second-order valence-electron chi connectivity index (χ2n) is 8.00. The van der Waals surface area contributed by atoms with Gasteiger partial charge in [0.15, 0.2) is 0 Å². The first kappa shape index (κ1) is 24.2. The fraction of sp³-hybridized carbons (Fsp3) is 0.600. The molecule has 1 aromatic carbocycles. The molecule has 7 nitrogen and oxygen atoms in total. The molecule has 1 amide bonds. The Morgan fingerprint density at radius 1 is 1.14 bits per heavy atom. The lowest BCUT2D eigenvalue weighted by Crippen LogP contribution is -2.38. The molecule has 1 aromatic rings. The molecule has 0 aliphatic heterocycles. The largest absolute Gasteiger partial charge is 0.460 e. The Morgan fingerprint density at radius 2 is 1.75 bits per heavy atom. The summed E-state index contributed by atoms with van der Waals surface area (Å²) >= 11 is 0. The summed E-state index contributed by atoms with van der Waals surface area (Å²) in [4.78, 5) is 24.5. The van der Waals surface area contributed by atoms with Crippen LogP contribution in [-0.4, -0.2) is 36.7 Å². The van der Waals surface area contributed by atoms with E-state index in [1.54, 1.807) is 20.8 Å². The van der Waals surface area contributed by atoms with E-state index in [0.717, 1.165) is 5.56 Å². The third-order valence-electron chi connectivity index (χ3n) is 3.75. The van der Waals surface area contributed by atoms with E-state index in [-0.39, 0.29) is 12.5 Å². The molecule has 0 aliphatic rings. The van der Waals surface area contributed by atoms with Crippen LogP contribution in [0.1, 0.15) is 46.6 Å². The summed E-state index contributed by atoms with van der Waals surface area (Å²) in [6.45, 7) is 9.13. The number of nitrogens with one attached hydrogen (secondary N) is 1. The number of carbonyl (C=O) groups excluding carboxylic acids is 2. The molecule has 0 saturated carbocycles. The maximum absolute atomic E-state index is 13.3. The Kier molecular flexibility index (Phi) is 9.18. The van der Waals surface area contributed by atoms with Crippen LogP contribution in [0.25, 0.3) is 0 Å². The van der Waals surface area contributed by atoms with Crippen LogP contribution in [0.3, 0.4) is 0 Å². The van der Waals surface area contributed by atoms with E-state index < -0.39 is 37.0 Å². The van der Waals surface area contributed by atoms with E-state index >= 15 is 0 Å². The molecule has 8 heteroatoms. The number of carbonyl (C=O) groups is 2. The van der Waals surface area contributed by atoms with Crippen molar-refractivity contribution in [1.29, 1.82) is 0 Å². The van der Waals surface area contributed by atoms with Gasteiger partial charge in [0.1, 0.15) is 24.2 Å². The highest BCUT2D eigenvalue weighted by atomic mass is 31.2. The molecule has 158 valence electrons. The molecule has 0 spiro atoms. The fourth-order valence-electron chi connectivity index (χ4n) is 2.52. The smallest absolute Gasteiger partial charge is 0.408 e. The summed E-state index contributed by atoms with van der Waals surface area (Å²) in [5.74, 6) is -1.37. The molecule has 2 atom stereocenters. The standard InChI is InChI=1S/C20H32NO6P/c1-15(2)12-17(21-19(23)26-13-16-10-8-7-9-11-16)28(24,25-6)14-18(22)27-20(3,4)5/h7-11,15,17H,12-14H2,1-6H3,(H,21,23). The van der Waals surface area contributed by atoms with Crippen molar-refractivity contribution in [2.75, 3.05) is 13.3 Å². The summed E-state index contributed by atoms with van der Waals surface area (Å²) < 4.78 is 29.1. The third kappa shape index (κ3) is 8.89. The van der Waals surface area contributed by atoms with Crippen molar-refractivity contribution in [2.24, 2.45) is 5.92 Å². The van der Waals surface area contributed by atoms with E-state index in [0.29, 0.717) is 6.42 Å². The van der Waals surface area contributed by atoms with Gasteiger partial charge in [-0.3, -0.25) is 9.36 Å². The zero-order valence-corrected chi connectivity index (χ0v) is 18.5. The number of esters is 1. The Hall–Kier alpha value is -1.85. The van der Waals surface area contributed by atoms with Gasteiger partial charge in [-0.05, 0) is 38.7 Å². The number of hydrogen-bond acceptors (Lipinski definition) is 6. The van der Waals surface area contributed by atoms with E-state index in [1.807, 2.05) is 44.2 Å². The Balaban J connectivity index is 2.83. The average Bonchev–Trinajstić information content (AvgIpc) is 2.58. The number of ether oxygens (including phenoxy) is 2. The molecule has 0 bridgehead atoms. The predicted molar refractivity (Wildman–Crippen MR) is 108 cm³/mol. The van der Waals surface area contributed by atoms with Gasteiger partial charge < -0.3 is 19.3 Å². The van der Waals surface area contributed by atoms with Gasteiger partial charge in [-0.25, -0.2) is 4.79 Å². The minimum absolute atomic E-state index is 0.0877. The summed E-state index contributed by atoms with van der Waals surface area (Å²) in [7, 11) is -2.27. The zero-order chi connectivity index (χ0) is 21.4. The van der Waals surface area contributed by atoms with Gasteiger partial charge in [-0.1, -0.05) is 44.2 Å². The first-order valence-corrected chi connectivity index (χ1v) is 11.2. The van der Waals surface area contributed by atoms with Crippen LogP contribution in [0.4, 0.5) is 4.79 Å². The van der Waals surface area contributed by atoms with E-state index in [9.17, 15) is 14.2 Å². The maximum Gasteiger partial charge on any atom is 0.408 e. The average molecular weight is 413 g/mol. The van der Waals surface area contributed by atoms with E-state index in [4.69, 9.17) is 14.0 Å². The lowest BCUT2D eigenvalue weighted by molar-refractivity contribution is -0.151. The second kappa shape index (κ2) is 10.6. The number of alkyl carbamates (subject to hydrolysis) is 1. The topological polar surface area (TPSA) is 90.9 Å². The highest BCUT2D eigenvalue weighted by Gasteiger charge is 2.39. The van der Waals surface area contributed by atoms with Crippen LogP contribution in [0, 0.1) is 5.92 Å². The normalized spacial score (nSPS) is 14.8. The van der Waals surface area contributed by atoms with Gasteiger partial charge in [-0.15, -0.1) is 0 Å². The molecule has 0 aliphatic carbocycles. The molecule has 1 rings (SSSR count). The van der Waals surface area contributed by atoms with Gasteiger partial charge in [0.25, 0.3) is 0 Å². The van der Waals surface area contributed by atoms with Crippen molar-refractivity contribution in [3.05, 3.63) is 35.9 Å². The zero-order valence-electron chi connectivity index (χ0n) is 17.6. The van der Waals surface area contributed by atoms with Crippen LogP contribution in [-0.2, 0) is 30.0 Å². The van der Waals surface area contributed by atoms with Crippen LogP contribution < -0.4 is 5.32 Å². The molecule has 1 N–H and O–H groups in total. The van der Waals surface area contributed by atoms with Gasteiger partial charge in [0.2, 0.25) is 7.37 Å². The minimum Gasteiger partial charge on any atom is -0.460 e. The molecular weight excluding hydrogens is 381 g/mol. The van der Waals surface area contributed by atoms with Gasteiger partial charge >= 0.3 is 12.1 Å². The maximum atomic E-state index is 13.3. The summed E-state index contributed by atoms with van der Waals surface area (Å²) in [6.07, 6.45) is -0.762. The molecular formula is C20H32NO6P. The SMILES string of the molecule is COP(=O)(CC(=O)OC(C)(C)C)C(CC(C)C)NC(=O)OCc1ccccc1. The Labute approximate surface area is 167 Å². The number of benzene rings is 1. The predicted octanol–water partition coefficient (Wildman–Crippen LogP) is 4.55. The van der Waals surface area contributed by atoms with Crippen LogP contribution in [0.15, 0.2) is 30.3 Å². The molecule has 0 radical (unpaired) electrons. The molecule has 2 unspecified atom stereocenters. The lowest BCUT2D eigenvalue weighted by atomic mass is 10.1. The van der Waals surface area contributed by atoms with Crippen molar-refractivity contribution >= 4 is 19.4 Å². The van der Waals surface area contributed by atoms with Crippen LogP contribution >= 0.6 is 7.37 Å². The highest BCUT2D eigenvalue weighted by Crippen LogP contribution is 2.52. The quantitative estimate of drug-likeness (QED) is 0.472. The van der Waals surface area contributed by atoms with E-state index in [2.05, 4.69) is 5.32 Å². The molecule has 0 fully saturated rings. The first-order valence-electron chi connectivity index (χ1n) is 9.28. The fourth-order valence-corrected chi connectivity index (χ4v) is 4.59. The van der Waals surface area contributed by atoms with Crippen molar-refractivity contribution in [2.45, 2.75) is 59.0 Å². The second-order valence-corrected chi connectivity index (χ2v) is 10.8. The van der Waals surface area contributed by atoms with Crippen LogP contribution in [0.2, 0.25) is 0 Å². The third-order valence-corrected chi connectivity index (χ3v) is 6.35. The van der Waals surface area contributed by atoms with Crippen molar-refractivity contribution in [3.8, 4) is 0 Å².